The smallest absolute Gasteiger partial charge is 0.341 e. The number of hydrogen-bond acceptors (Lipinski definition) is 6. The molecule has 2 aromatic carbocycles. The average Bonchev–Trinajstić information content (AvgIpc) is 3.03. The number of nitrogens with zero attached hydrogens (tertiary/aromatic N) is 2. The average molecular weight is 505 g/mol. The summed E-state index contributed by atoms with van der Waals surface area (Å²) in [6, 6.07) is 12.5. The number of carboxylic acid groups (broad SMARTS) is 1. The number of methoxy groups -OCH3 is 1. The van der Waals surface area contributed by atoms with E-state index < -0.39 is 12.6 Å². The van der Waals surface area contributed by atoms with Gasteiger partial charge in [-0.05, 0) is 66.7 Å². The molecule has 0 unspecified atom stereocenters. The van der Waals surface area contributed by atoms with E-state index in [0.29, 0.717) is 33.6 Å². The quantitative estimate of drug-likeness (QED) is 0.512. The van der Waals surface area contributed by atoms with E-state index in [1.807, 2.05) is 31.2 Å². The minimum absolute atomic E-state index is 0.150. The maximum absolute atomic E-state index is 13.1. The van der Waals surface area contributed by atoms with E-state index in [4.69, 9.17) is 14.6 Å². The molecule has 1 heterocycles. The Labute approximate surface area is 192 Å². The van der Waals surface area contributed by atoms with Crippen LogP contribution < -0.4 is 9.47 Å². The van der Waals surface area contributed by atoms with Crippen LogP contribution in [0.1, 0.15) is 18.9 Å². The zero-order chi connectivity index (χ0) is 22.4. The molecule has 1 aliphatic rings. The van der Waals surface area contributed by atoms with Crippen molar-refractivity contribution < 1.29 is 24.2 Å². The third-order valence-corrected chi connectivity index (χ3v) is 5.74. The van der Waals surface area contributed by atoms with Crippen LogP contribution in [-0.4, -0.2) is 47.3 Å². The van der Waals surface area contributed by atoms with Crippen molar-refractivity contribution >= 4 is 56.5 Å². The van der Waals surface area contributed by atoms with Gasteiger partial charge in [0.15, 0.2) is 11.8 Å². The number of ether oxygens (including phenoxy) is 2. The van der Waals surface area contributed by atoms with Crippen molar-refractivity contribution in [3.63, 3.8) is 0 Å². The van der Waals surface area contributed by atoms with Crippen LogP contribution in [0.25, 0.3) is 6.08 Å². The van der Waals surface area contributed by atoms with Crippen molar-refractivity contribution in [2.45, 2.75) is 13.3 Å². The number of thioether (sulfide) groups is 1. The summed E-state index contributed by atoms with van der Waals surface area (Å²) in [5.41, 5.74) is 1.32. The summed E-state index contributed by atoms with van der Waals surface area (Å²) < 4.78 is 11.3. The molecule has 1 aliphatic heterocycles. The lowest BCUT2D eigenvalue weighted by Crippen LogP contribution is -2.29. The lowest BCUT2D eigenvalue weighted by atomic mass is 10.2. The van der Waals surface area contributed by atoms with Gasteiger partial charge in [-0.15, -0.1) is 0 Å². The van der Waals surface area contributed by atoms with Gasteiger partial charge in [0.25, 0.3) is 5.91 Å². The van der Waals surface area contributed by atoms with E-state index in [9.17, 15) is 9.59 Å². The molecule has 2 aromatic rings. The first-order valence-electron chi connectivity index (χ1n) is 9.49. The van der Waals surface area contributed by atoms with Gasteiger partial charge in [-0.1, -0.05) is 22.9 Å². The molecule has 0 bridgehead atoms. The van der Waals surface area contributed by atoms with E-state index in [1.54, 1.807) is 36.3 Å². The number of rotatable bonds is 8. The van der Waals surface area contributed by atoms with Crippen LogP contribution in [0.4, 0.5) is 5.69 Å². The highest BCUT2D eigenvalue weighted by molar-refractivity contribution is 9.10. The summed E-state index contributed by atoms with van der Waals surface area (Å²) in [6.07, 6.45) is 2.49. The minimum atomic E-state index is -1.07. The number of hydrogen-bond donors (Lipinski definition) is 1. The molecule has 1 amide bonds. The number of halogens is 1. The Balaban J connectivity index is 1.94. The second-order valence-corrected chi connectivity index (χ2v) is 8.45. The van der Waals surface area contributed by atoms with Gasteiger partial charge in [0.05, 0.1) is 17.7 Å². The van der Waals surface area contributed by atoms with Crippen LogP contribution in [0.2, 0.25) is 0 Å². The topological polar surface area (TPSA) is 88.4 Å². The highest BCUT2D eigenvalue weighted by Crippen LogP contribution is 2.36. The van der Waals surface area contributed by atoms with Gasteiger partial charge in [-0.3, -0.25) is 9.69 Å². The molecule has 9 heteroatoms. The molecule has 3 rings (SSSR count). The SMILES string of the molecule is CCCN1C(=O)/C(=C/c2cc(Br)ccc2OCC(=O)O)SC1=Nc1ccc(OC)cc1. The lowest BCUT2D eigenvalue weighted by molar-refractivity contribution is -0.139. The van der Waals surface area contributed by atoms with Crippen LogP contribution in [0.15, 0.2) is 56.8 Å². The highest BCUT2D eigenvalue weighted by atomic mass is 79.9. The Bertz CT molecular complexity index is 1040. The molecule has 0 aromatic heterocycles. The highest BCUT2D eigenvalue weighted by Gasteiger charge is 2.33. The van der Waals surface area contributed by atoms with Gasteiger partial charge in [-0.2, -0.15) is 0 Å². The van der Waals surface area contributed by atoms with Crippen LogP contribution >= 0.6 is 27.7 Å². The predicted molar refractivity (Wildman–Crippen MR) is 125 cm³/mol. The molecule has 1 fully saturated rings. The molecule has 162 valence electrons. The monoisotopic (exact) mass is 504 g/mol. The number of benzene rings is 2. The fourth-order valence-corrected chi connectivity index (χ4v) is 4.22. The van der Waals surface area contributed by atoms with Crippen LogP contribution in [0.5, 0.6) is 11.5 Å². The van der Waals surface area contributed by atoms with Gasteiger partial charge in [-0.25, -0.2) is 9.79 Å². The lowest BCUT2D eigenvalue weighted by Gasteiger charge is -2.14. The Morgan fingerprint density at radius 3 is 2.65 bits per heavy atom. The Hall–Kier alpha value is -2.78. The largest absolute Gasteiger partial charge is 0.497 e. The number of aliphatic carboxylic acids is 1. The number of carbonyl (C=O) groups is 2. The van der Waals surface area contributed by atoms with Crippen LogP contribution in [-0.2, 0) is 9.59 Å². The zero-order valence-electron chi connectivity index (χ0n) is 17.0. The van der Waals surface area contributed by atoms with Crippen molar-refractivity contribution in [2.24, 2.45) is 4.99 Å². The Kier molecular flexibility index (Phi) is 7.75. The summed E-state index contributed by atoms with van der Waals surface area (Å²) in [5, 5.41) is 9.50. The number of amidine groups is 1. The fraction of sp³-hybridized carbons (Fsp3) is 0.227. The third-order valence-electron chi connectivity index (χ3n) is 4.24. The number of carboxylic acids is 1. The maximum Gasteiger partial charge on any atom is 0.341 e. The summed E-state index contributed by atoms with van der Waals surface area (Å²) in [4.78, 5) is 30.7. The van der Waals surface area contributed by atoms with Gasteiger partial charge in [0, 0.05) is 16.6 Å². The molecule has 0 atom stereocenters. The third kappa shape index (κ3) is 5.89. The molecule has 31 heavy (non-hydrogen) atoms. The Morgan fingerprint density at radius 1 is 1.26 bits per heavy atom. The van der Waals surface area contributed by atoms with Gasteiger partial charge >= 0.3 is 5.97 Å². The van der Waals surface area contributed by atoms with E-state index in [0.717, 1.165) is 16.6 Å². The summed E-state index contributed by atoms with van der Waals surface area (Å²) in [6.45, 7) is 2.07. The molecule has 7 nitrogen and oxygen atoms in total. The zero-order valence-corrected chi connectivity index (χ0v) is 19.4. The summed E-state index contributed by atoms with van der Waals surface area (Å²) in [5.74, 6) is -0.109. The molecule has 0 aliphatic carbocycles. The van der Waals surface area contributed by atoms with Gasteiger partial charge in [0.1, 0.15) is 11.5 Å². The fourth-order valence-electron chi connectivity index (χ4n) is 2.82. The van der Waals surface area contributed by atoms with Crippen LogP contribution in [0, 0.1) is 0 Å². The van der Waals surface area contributed by atoms with E-state index in [2.05, 4.69) is 20.9 Å². The number of carbonyl (C=O) groups excluding carboxylic acids is 1. The van der Waals surface area contributed by atoms with Gasteiger partial charge < -0.3 is 14.6 Å². The molecular formula is C22H21BrN2O5S. The minimum Gasteiger partial charge on any atom is -0.497 e. The maximum atomic E-state index is 13.1. The molecule has 0 saturated carbocycles. The van der Waals surface area contributed by atoms with Crippen molar-refractivity contribution in [1.82, 2.24) is 4.90 Å². The Morgan fingerprint density at radius 2 is 2.00 bits per heavy atom. The van der Waals surface area contributed by atoms with Crippen molar-refractivity contribution in [1.29, 1.82) is 0 Å². The first-order chi connectivity index (χ1) is 14.9. The first kappa shape index (κ1) is 22.9. The predicted octanol–water partition coefficient (Wildman–Crippen LogP) is 4.94. The molecule has 1 saturated heterocycles. The standard InChI is InChI=1S/C22H21BrN2O5S/c1-3-10-25-21(28)19(31-22(25)24-16-5-7-17(29-2)8-6-16)12-14-11-15(23)4-9-18(14)30-13-20(26)27/h4-9,11-12H,3,10,13H2,1-2H3,(H,26,27)/b19-12-,24-22?. The number of amides is 1. The number of aliphatic imine (C=N–C) groups is 1. The molecular weight excluding hydrogens is 484 g/mol. The van der Waals surface area contributed by atoms with Crippen molar-refractivity contribution in [3.05, 3.63) is 57.4 Å². The summed E-state index contributed by atoms with van der Waals surface area (Å²) in [7, 11) is 1.60. The first-order valence-corrected chi connectivity index (χ1v) is 11.1. The van der Waals surface area contributed by atoms with Crippen LogP contribution in [0.3, 0.4) is 0 Å². The second kappa shape index (κ2) is 10.5. The van der Waals surface area contributed by atoms with E-state index in [1.165, 1.54) is 11.8 Å². The second-order valence-electron chi connectivity index (χ2n) is 6.52. The van der Waals surface area contributed by atoms with E-state index in [-0.39, 0.29) is 5.91 Å². The van der Waals surface area contributed by atoms with Gasteiger partial charge in [0.2, 0.25) is 0 Å². The van der Waals surface area contributed by atoms with E-state index >= 15 is 0 Å². The molecule has 0 spiro atoms. The van der Waals surface area contributed by atoms with Crippen molar-refractivity contribution in [3.8, 4) is 11.5 Å². The summed E-state index contributed by atoms with van der Waals surface area (Å²) >= 11 is 4.68. The molecule has 1 N–H and O–H groups in total. The molecule has 0 radical (unpaired) electrons. The van der Waals surface area contributed by atoms with Crippen molar-refractivity contribution in [2.75, 3.05) is 20.3 Å². The normalized spacial score (nSPS) is 16.2.